The van der Waals surface area contributed by atoms with Crippen LogP contribution in [0.4, 0.5) is 5.69 Å². The van der Waals surface area contributed by atoms with Gasteiger partial charge in [0.1, 0.15) is 0 Å². The van der Waals surface area contributed by atoms with Crippen LogP contribution in [-0.2, 0) is 4.79 Å². The summed E-state index contributed by atoms with van der Waals surface area (Å²) in [6, 6.07) is 9.71. The van der Waals surface area contributed by atoms with Crippen molar-refractivity contribution >= 4 is 11.6 Å². The molecule has 3 unspecified atom stereocenters. The Kier molecular flexibility index (Phi) is 3.23. The number of anilines is 1. The molecular weight excluding hydrogens is 262 g/mol. The Morgan fingerprint density at radius 3 is 2.95 bits per heavy atom. The van der Waals surface area contributed by atoms with Crippen LogP contribution in [0.25, 0.3) is 0 Å². The van der Waals surface area contributed by atoms with E-state index in [1.165, 1.54) is 37.9 Å². The molecule has 2 fully saturated rings. The highest BCUT2D eigenvalue weighted by molar-refractivity contribution is 5.96. The Bertz CT molecular complexity index is 559. The summed E-state index contributed by atoms with van der Waals surface area (Å²) in [7, 11) is 1.88. The summed E-state index contributed by atoms with van der Waals surface area (Å²) in [6.07, 6.45) is 4.43. The minimum absolute atomic E-state index is 0.176. The van der Waals surface area contributed by atoms with E-state index >= 15 is 0 Å². The van der Waals surface area contributed by atoms with Crippen LogP contribution in [0.1, 0.15) is 37.3 Å². The Labute approximate surface area is 126 Å². The molecule has 0 aromatic heterocycles. The van der Waals surface area contributed by atoms with Crippen molar-refractivity contribution in [3.8, 4) is 0 Å². The zero-order chi connectivity index (χ0) is 14.4. The Hall–Kier alpha value is -1.39. The Balaban J connectivity index is 1.58. The van der Waals surface area contributed by atoms with Gasteiger partial charge in [0.15, 0.2) is 0 Å². The summed E-state index contributed by atoms with van der Waals surface area (Å²) in [5.41, 5.74) is 2.34. The third-order valence-electron chi connectivity index (χ3n) is 5.45. The van der Waals surface area contributed by atoms with E-state index in [9.17, 15) is 4.79 Å². The summed E-state index contributed by atoms with van der Waals surface area (Å²) >= 11 is 0. The number of carbonyl (C=O) groups excluding carboxylic acids is 1. The number of benzene rings is 1. The second-order valence-electron chi connectivity index (χ2n) is 6.58. The summed E-state index contributed by atoms with van der Waals surface area (Å²) in [4.78, 5) is 16.7. The maximum atomic E-state index is 12.2. The lowest BCUT2D eigenvalue weighted by molar-refractivity contribution is -0.119. The molecule has 1 N–H and O–H groups in total. The molecule has 0 spiro atoms. The molecule has 1 aromatic carbocycles. The fraction of sp³-hybridized carbons (Fsp3) is 0.588. The highest BCUT2D eigenvalue weighted by Gasteiger charge is 2.39. The first-order valence-electron chi connectivity index (χ1n) is 8.09. The van der Waals surface area contributed by atoms with Gasteiger partial charge in [-0.05, 0) is 37.4 Å². The van der Waals surface area contributed by atoms with Crippen LogP contribution in [-0.4, -0.2) is 43.0 Å². The summed E-state index contributed by atoms with van der Waals surface area (Å²) in [5.74, 6) is 0.215. The number of hydrogen-bond donors (Lipinski definition) is 1. The van der Waals surface area contributed by atoms with Gasteiger partial charge < -0.3 is 10.2 Å². The number of amides is 1. The molecule has 1 aromatic rings. The van der Waals surface area contributed by atoms with E-state index in [1.807, 2.05) is 13.1 Å². The van der Waals surface area contributed by atoms with Gasteiger partial charge >= 0.3 is 0 Å². The molecule has 4 rings (SSSR count). The van der Waals surface area contributed by atoms with Crippen molar-refractivity contribution in [1.82, 2.24) is 10.2 Å². The monoisotopic (exact) mass is 285 g/mol. The molecule has 4 heteroatoms. The molecule has 3 aliphatic rings. The quantitative estimate of drug-likeness (QED) is 0.902. The van der Waals surface area contributed by atoms with E-state index in [4.69, 9.17) is 0 Å². The third-order valence-corrected chi connectivity index (χ3v) is 5.45. The van der Waals surface area contributed by atoms with Gasteiger partial charge in [0.2, 0.25) is 5.91 Å². The number of fused-ring (bicyclic) bond motifs is 2. The molecule has 4 nitrogen and oxygen atoms in total. The van der Waals surface area contributed by atoms with E-state index in [0.717, 1.165) is 5.69 Å². The molecular formula is C17H23N3O. The van der Waals surface area contributed by atoms with Crippen LogP contribution in [0.15, 0.2) is 24.3 Å². The zero-order valence-corrected chi connectivity index (χ0v) is 12.6. The van der Waals surface area contributed by atoms with Crippen LogP contribution in [0.2, 0.25) is 0 Å². The average Bonchev–Trinajstić information content (AvgIpc) is 3.09. The molecule has 2 saturated heterocycles. The maximum absolute atomic E-state index is 12.2. The minimum Gasteiger partial charge on any atom is -0.315 e. The Morgan fingerprint density at radius 2 is 2.05 bits per heavy atom. The highest BCUT2D eigenvalue weighted by Crippen LogP contribution is 2.36. The maximum Gasteiger partial charge on any atom is 0.228 e. The molecule has 3 aliphatic heterocycles. The SMILES string of the molecule is CN1C(=O)CC(NC2CCN3CCCC23)c2ccccc21. The number of rotatable bonds is 2. The van der Waals surface area contributed by atoms with Crippen molar-refractivity contribution in [2.45, 2.75) is 43.8 Å². The van der Waals surface area contributed by atoms with Crippen molar-refractivity contribution in [2.75, 3.05) is 25.0 Å². The summed E-state index contributed by atoms with van der Waals surface area (Å²) in [5, 5.41) is 3.81. The van der Waals surface area contributed by atoms with E-state index < -0.39 is 0 Å². The van der Waals surface area contributed by atoms with Gasteiger partial charge in [0, 0.05) is 43.8 Å². The lowest BCUT2D eigenvalue weighted by Crippen LogP contribution is -2.45. The third kappa shape index (κ3) is 2.17. The zero-order valence-electron chi connectivity index (χ0n) is 12.6. The average molecular weight is 285 g/mol. The van der Waals surface area contributed by atoms with Gasteiger partial charge in [-0.1, -0.05) is 18.2 Å². The first-order chi connectivity index (χ1) is 10.2. The van der Waals surface area contributed by atoms with Crippen LogP contribution < -0.4 is 10.2 Å². The first kappa shape index (κ1) is 13.3. The van der Waals surface area contributed by atoms with Crippen LogP contribution in [0, 0.1) is 0 Å². The molecule has 21 heavy (non-hydrogen) atoms. The molecule has 0 saturated carbocycles. The van der Waals surface area contributed by atoms with Crippen molar-refractivity contribution in [3.63, 3.8) is 0 Å². The number of nitrogens with one attached hydrogen (secondary N) is 1. The van der Waals surface area contributed by atoms with Gasteiger partial charge in [-0.25, -0.2) is 0 Å². The normalized spacial score (nSPS) is 32.3. The number of hydrogen-bond acceptors (Lipinski definition) is 3. The van der Waals surface area contributed by atoms with Crippen LogP contribution in [0.3, 0.4) is 0 Å². The van der Waals surface area contributed by atoms with Gasteiger partial charge in [0.05, 0.1) is 0 Å². The first-order valence-corrected chi connectivity index (χ1v) is 8.09. The van der Waals surface area contributed by atoms with E-state index in [2.05, 4.69) is 28.4 Å². The number of para-hydroxylation sites is 1. The standard InChI is InChI=1S/C17H23N3O/c1-19-15-6-3-2-5-12(15)14(11-17(19)21)18-13-8-10-20-9-4-7-16(13)20/h2-3,5-6,13-14,16,18H,4,7-11H2,1H3. The fourth-order valence-electron chi connectivity index (χ4n) is 4.33. The van der Waals surface area contributed by atoms with Crippen LogP contribution >= 0.6 is 0 Å². The molecule has 3 heterocycles. The molecule has 0 bridgehead atoms. The topological polar surface area (TPSA) is 35.6 Å². The van der Waals surface area contributed by atoms with E-state index in [0.29, 0.717) is 18.5 Å². The predicted octanol–water partition coefficient (Wildman–Crippen LogP) is 1.92. The van der Waals surface area contributed by atoms with Crippen molar-refractivity contribution < 1.29 is 4.79 Å². The lowest BCUT2D eigenvalue weighted by atomic mass is 9.94. The predicted molar refractivity (Wildman–Crippen MR) is 83.3 cm³/mol. The number of carbonyl (C=O) groups is 1. The largest absolute Gasteiger partial charge is 0.315 e. The van der Waals surface area contributed by atoms with E-state index in [-0.39, 0.29) is 11.9 Å². The highest BCUT2D eigenvalue weighted by atomic mass is 16.2. The molecule has 1 amide bonds. The smallest absolute Gasteiger partial charge is 0.228 e. The molecule has 0 radical (unpaired) electrons. The molecule has 112 valence electrons. The van der Waals surface area contributed by atoms with Crippen molar-refractivity contribution in [3.05, 3.63) is 29.8 Å². The van der Waals surface area contributed by atoms with Crippen molar-refractivity contribution in [2.24, 2.45) is 0 Å². The van der Waals surface area contributed by atoms with Gasteiger partial charge in [-0.2, -0.15) is 0 Å². The summed E-state index contributed by atoms with van der Waals surface area (Å²) in [6.45, 7) is 2.47. The molecule has 0 aliphatic carbocycles. The van der Waals surface area contributed by atoms with Crippen LogP contribution in [0.5, 0.6) is 0 Å². The van der Waals surface area contributed by atoms with Gasteiger partial charge in [0.25, 0.3) is 0 Å². The fourth-order valence-corrected chi connectivity index (χ4v) is 4.33. The van der Waals surface area contributed by atoms with Gasteiger partial charge in [-0.15, -0.1) is 0 Å². The Morgan fingerprint density at radius 1 is 1.19 bits per heavy atom. The number of nitrogens with zero attached hydrogens (tertiary/aromatic N) is 2. The second-order valence-corrected chi connectivity index (χ2v) is 6.58. The lowest BCUT2D eigenvalue weighted by Gasteiger charge is -2.34. The summed E-state index contributed by atoms with van der Waals surface area (Å²) < 4.78 is 0. The molecule has 3 atom stereocenters. The van der Waals surface area contributed by atoms with E-state index in [1.54, 1.807) is 4.90 Å². The van der Waals surface area contributed by atoms with Crippen molar-refractivity contribution in [1.29, 1.82) is 0 Å². The van der Waals surface area contributed by atoms with Gasteiger partial charge in [-0.3, -0.25) is 9.69 Å². The second kappa shape index (κ2) is 5.11. The minimum atomic E-state index is 0.176.